The van der Waals surface area contributed by atoms with E-state index in [1.54, 1.807) is 25.1 Å². The molecule has 1 aromatic carbocycles. The SMILES string of the molecule is CN(C)c1ccc(S(=O)(=O)N(C)C)cc1NC(=O)COC(=O)CCC1CCCC1. The van der Waals surface area contributed by atoms with Gasteiger partial charge in [0.05, 0.1) is 16.3 Å². The molecule has 1 amide bonds. The summed E-state index contributed by atoms with van der Waals surface area (Å²) in [7, 11) is 2.82. The van der Waals surface area contributed by atoms with Crippen LogP contribution < -0.4 is 10.2 Å². The van der Waals surface area contributed by atoms with Gasteiger partial charge < -0.3 is 15.0 Å². The Bertz CT molecular complexity index is 831. The van der Waals surface area contributed by atoms with Crippen LogP contribution in [0.25, 0.3) is 0 Å². The summed E-state index contributed by atoms with van der Waals surface area (Å²) in [5.41, 5.74) is 0.980. The van der Waals surface area contributed by atoms with Crippen molar-refractivity contribution in [3.63, 3.8) is 0 Å². The summed E-state index contributed by atoms with van der Waals surface area (Å²) in [4.78, 5) is 26.0. The van der Waals surface area contributed by atoms with Gasteiger partial charge in [0, 0.05) is 34.6 Å². The number of ether oxygens (including phenoxy) is 1. The highest BCUT2D eigenvalue weighted by molar-refractivity contribution is 7.89. The smallest absolute Gasteiger partial charge is 0.306 e. The zero-order valence-electron chi connectivity index (χ0n) is 17.6. The maximum absolute atomic E-state index is 12.4. The summed E-state index contributed by atoms with van der Waals surface area (Å²) in [6.07, 6.45) is 5.88. The summed E-state index contributed by atoms with van der Waals surface area (Å²) >= 11 is 0. The van der Waals surface area contributed by atoms with Crippen molar-refractivity contribution in [3.8, 4) is 0 Å². The zero-order chi connectivity index (χ0) is 21.6. The van der Waals surface area contributed by atoms with Gasteiger partial charge in [-0.05, 0) is 30.5 Å². The number of carbonyl (C=O) groups excluding carboxylic acids is 2. The standard InChI is InChI=1S/C20H31N3O5S/c1-22(2)18-11-10-16(29(26,27)23(3)4)13-17(18)21-19(24)14-28-20(25)12-9-15-7-5-6-8-15/h10-11,13,15H,5-9,12,14H2,1-4H3,(H,21,24). The number of nitrogens with one attached hydrogen (secondary N) is 1. The molecule has 0 radical (unpaired) electrons. The van der Waals surface area contributed by atoms with Crippen LogP contribution in [0.5, 0.6) is 0 Å². The highest BCUT2D eigenvalue weighted by Crippen LogP contribution is 2.29. The topological polar surface area (TPSA) is 96.0 Å². The number of amides is 1. The van der Waals surface area contributed by atoms with Gasteiger partial charge in [-0.3, -0.25) is 9.59 Å². The van der Waals surface area contributed by atoms with E-state index < -0.39 is 22.5 Å². The number of hydrogen-bond donors (Lipinski definition) is 1. The van der Waals surface area contributed by atoms with E-state index in [9.17, 15) is 18.0 Å². The summed E-state index contributed by atoms with van der Waals surface area (Å²) in [6.45, 7) is -0.402. The zero-order valence-corrected chi connectivity index (χ0v) is 18.4. The molecule has 0 atom stereocenters. The highest BCUT2D eigenvalue weighted by Gasteiger charge is 2.21. The fourth-order valence-electron chi connectivity index (χ4n) is 3.40. The molecule has 9 heteroatoms. The predicted molar refractivity (Wildman–Crippen MR) is 112 cm³/mol. The molecule has 0 aromatic heterocycles. The first-order chi connectivity index (χ1) is 13.6. The number of rotatable bonds is 9. The predicted octanol–water partition coefficient (Wildman–Crippen LogP) is 2.46. The molecule has 1 aliphatic carbocycles. The third-order valence-electron chi connectivity index (χ3n) is 5.10. The lowest BCUT2D eigenvalue weighted by molar-refractivity contribution is -0.147. The molecule has 0 bridgehead atoms. The van der Waals surface area contributed by atoms with Crippen molar-refractivity contribution in [2.45, 2.75) is 43.4 Å². The monoisotopic (exact) mass is 425 g/mol. The Morgan fingerprint density at radius 3 is 2.38 bits per heavy atom. The van der Waals surface area contributed by atoms with Gasteiger partial charge >= 0.3 is 5.97 Å². The van der Waals surface area contributed by atoms with E-state index in [0.29, 0.717) is 23.7 Å². The van der Waals surface area contributed by atoms with Crippen LogP contribution in [0, 0.1) is 5.92 Å². The first-order valence-corrected chi connectivity index (χ1v) is 11.2. The molecular weight excluding hydrogens is 394 g/mol. The number of hydrogen-bond acceptors (Lipinski definition) is 6. The Kier molecular flexibility index (Phi) is 8.04. The Hall–Kier alpha value is -2.13. The summed E-state index contributed by atoms with van der Waals surface area (Å²) in [5, 5.41) is 2.66. The average molecular weight is 426 g/mol. The van der Waals surface area contributed by atoms with Gasteiger partial charge in [0.1, 0.15) is 0 Å². The molecule has 1 fully saturated rings. The van der Waals surface area contributed by atoms with Crippen LogP contribution in [-0.2, 0) is 24.3 Å². The van der Waals surface area contributed by atoms with E-state index in [-0.39, 0.29) is 10.9 Å². The average Bonchev–Trinajstić information content (AvgIpc) is 3.18. The lowest BCUT2D eigenvalue weighted by Crippen LogP contribution is -2.24. The third kappa shape index (κ3) is 6.43. The largest absolute Gasteiger partial charge is 0.456 e. The highest BCUT2D eigenvalue weighted by atomic mass is 32.2. The molecule has 1 N–H and O–H groups in total. The molecule has 0 heterocycles. The van der Waals surface area contributed by atoms with Crippen molar-refractivity contribution in [2.24, 2.45) is 5.92 Å². The van der Waals surface area contributed by atoms with Crippen LogP contribution in [0.3, 0.4) is 0 Å². The van der Waals surface area contributed by atoms with Crippen LogP contribution >= 0.6 is 0 Å². The molecule has 0 aliphatic heterocycles. The van der Waals surface area contributed by atoms with E-state index in [1.807, 2.05) is 0 Å². The maximum atomic E-state index is 12.4. The van der Waals surface area contributed by atoms with Gasteiger partial charge in [-0.1, -0.05) is 25.7 Å². The van der Waals surface area contributed by atoms with Gasteiger partial charge in [-0.25, -0.2) is 12.7 Å². The van der Waals surface area contributed by atoms with Crippen LogP contribution in [-0.4, -0.2) is 59.4 Å². The van der Waals surface area contributed by atoms with Gasteiger partial charge in [0.2, 0.25) is 10.0 Å². The number of nitrogens with zero attached hydrogens (tertiary/aromatic N) is 2. The Morgan fingerprint density at radius 2 is 1.79 bits per heavy atom. The fraction of sp³-hybridized carbons (Fsp3) is 0.600. The van der Waals surface area contributed by atoms with E-state index in [4.69, 9.17) is 4.74 Å². The van der Waals surface area contributed by atoms with Gasteiger partial charge in [0.15, 0.2) is 6.61 Å². The Labute approximate surface area is 173 Å². The molecule has 1 aliphatic rings. The minimum Gasteiger partial charge on any atom is -0.456 e. The van der Waals surface area contributed by atoms with Gasteiger partial charge in [-0.15, -0.1) is 0 Å². The minimum absolute atomic E-state index is 0.0666. The fourth-order valence-corrected chi connectivity index (χ4v) is 4.33. The maximum Gasteiger partial charge on any atom is 0.306 e. The van der Waals surface area contributed by atoms with Crippen molar-refractivity contribution in [1.29, 1.82) is 0 Å². The lowest BCUT2D eigenvalue weighted by atomic mass is 10.0. The molecule has 162 valence electrons. The van der Waals surface area contributed by atoms with E-state index in [1.165, 1.54) is 39.1 Å². The Balaban J connectivity index is 1.99. The van der Waals surface area contributed by atoms with Crippen LogP contribution in [0.1, 0.15) is 38.5 Å². The van der Waals surface area contributed by atoms with Crippen molar-refractivity contribution in [3.05, 3.63) is 18.2 Å². The molecule has 0 saturated heterocycles. The van der Waals surface area contributed by atoms with Crippen LogP contribution in [0.2, 0.25) is 0 Å². The second kappa shape index (κ2) is 10.1. The van der Waals surface area contributed by atoms with Crippen molar-refractivity contribution < 1.29 is 22.7 Å². The van der Waals surface area contributed by atoms with Gasteiger partial charge in [-0.2, -0.15) is 0 Å². The van der Waals surface area contributed by atoms with Crippen molar-refractivity contribution in [1.82, 2.24) is 4.31 Å². The number of anilines is 2. The number of esters is 1. The minimum atomic E-state index is -3.64. The molecule has 1 saturated carbocycles. The quantitative estimate of drug-likeness (QED) is 0.611. The first kappa shape index (κ1) is 23.2. The number of carbonyl (C=O) groups is 2. The lowest BCUT2D eigenvalue weighted by Gasteiger charge is -2.20. The van der Waals surface area contributed by atoms with Gasteiger partial charge in [0.25, 0.3) is 5.91 Å². The summed E-state index contributed by atoms with van der Waals surface area (Å²) in [5.74, 6) is -0.314. The van der Waals surface area contributed by atoms with Crippen molar-refractivity contribution in [2.75, 3.05) is 45.0 Å². The number of benzene rings is 1. The molecule has 2 rings (SSSR count). The molecule has 8 nitrogen and oxygen atoms in total. The molecule has 29 heavy (non-hydrogen) atoms. The third-order valence-corrected chi connectivity index (χ3v) is 6.91. The molecule has 0 spiro atoms. The van der Waals surface area contributed by atoms with E-state index in [2.05, 4.69) is 5.32 Å². The first-order valence-electron chi connectivity index (χ1n) is 9.80. The molecule has 0 unspecified atom stereocenters. The summed E-state index contributed by atoms with van der Waals surface area (Å²) in [6, 6.07) is 4.52. The van der Waals surface area contributed by atoms with Crippen molar-refractivity contribution >= 4 is 33.3 Å². The van der Waals surface area contributed by atoms with Crippen LogP contribution in [0.4, 0.5) is 11.4 Å². The van der Waals surface area contributed by atoms with E-state index >= 15 is 0 Å². The number of sulfonamides is 1. The van der Waals surface area contributed by atoms with E-state index in [0.717, 1.165) is 23.6 Å². The Morgan fingerprint density at radius 1 is 1.14 bits per heavy atom. The second-order valence-corrected chi connectivity index (χ2v) is 9.91. The summed E-state index contributed by atoms with van der Waals surface area (Å²) < 4.78 is 30.9. The normalized spacial score (nSPS) is 14.8. The second-order valence-electron chi connectivity index (χ2n) is 7.76. The molecule has 1 aromatic rings. The van der Waals surface area contributed by atoms with Crippen LogP contribution in [0.15, 0.2) is 23.1 Å². The molecular formula is C20H31N3O5S.